The van der Waals surface area contributed by atoms with Gasteiger partial charge in [-0.05, 0) is 43.7 Å². The van der Waals surface area contributed by atoms with E-state index in [-0.39, 0.29) is 12.1 Å². The van der Waals surface area contributed by atoms with Gasteiger partial charge in [0.25, 0.3) is 0 Å². The number of pyridine rings is 1. The van der Waals surface area contributed by atoms with Gasteiger partial charge >= 0.3 is 0 Å². The number of halogens is 2. The van der Waals surface area contributed by atoms with E-state index in [1.54, 1.807) is 12.4 Å². The molecule has 0 radical (unpaired) electrons. The van der Waals surface area contributed by atoms with Gasteiger partial charge in [-0.15, -0.1) is 0 Å². The number of nitrogens with one attached hydrogen (secondary N) is 2. The van der Waals surface area contributed by atoms with Gasteiger partial charge in [0.2, 0.25) is 0 Å². The maximum Gasteiger partial charge on any atom is 0.191 e. The summed E-state index contributed by atoms with van der Waals surface area (Å²) in [6.07, 6.45) is 5.34. The highest BCUT2D eigenvalue weighted by atomic mass is 19.1. The summed E-state index contributed by atoms with van der Waals surface area (Å²) >= 11 is 0. The smallest absolute Gasteiger partial charge is 0.191 e. The van der Waals surface area contributed by atoms with E-state index in [0.717, 1.165) is 29.3 Å². The normalized spacial score (nSPS) is 11.5. The molecule has 2 N–H and O–H groups in total. The average Bonchev–Trinajstić information content (AvgIpc) is 3.13. The van der Waals surface area contributed by atoms with Crippen LogP contribution >= 0.6 is 0 Å². The lowest BCUT2D eigenvalue weighted by atomic mass is 10.2. The third kappa shape index (κ3) is 4.91. The molecular formula is C20H22F2N6. The predicted octanol–water partition coefficient (Wildman–Crippen LogP) is 3.11. The van der Waals surface area contributed by atoms with Crippen LogP contribution in [0.1, 0.15) is 23.9 Å². The number of rotatable bonds is 6. The Morgan fingerprint density at radius 1 is 1.14 bits per heavy atom. The van der Waals surface area contributed by atoms with Gasteiger partial charge < -0.3 is 10.6 Å². The zero-order chi connectivity index (χ0) is 19.9. The Labute approximate surface area is 162 Å². The number of nitrogens with zero attached hydrogens (tertiary/aromatic N) is 4. The van der Waals surface area contributed by atoms with Gasteiger partial charge in [0.15, 0.2) is 5.96 Å². The highest BCUT2D eigenvalue weighted by Gasteiger charge is 2.06. The van der Waals surface area contributed by atoms with Gasteiger partial charge in [-0.1, -0.05) is 6.07 Å². The molecule has 1 aromatic carbocycles. The summed E-state index contributed by atoms with van der Waals surface area (Å²) in [6, 6.07) is 7.24. The third-order valence-corrected chi connectivity index (χ3v) is 4.10. The van der Waals surface area contributed by atoms with Crippen LogP contribution in [-0.2, 0) is 13.1 Å². The van der Waals surface area contributed by atoms with Crippen LogP contribution < -0.4 is 10.6 Å². The molecule has 3 aromatic rings. The van der Waals surface area contributed by atoms with Crippen LogP contribution in [0.25, 0.3) is 5.82 Å². The molecular weight excluding hydrogens is 362 g/mol. The van der Waals surface area contributed by atoms with Crippen molar-refractivity contribution in [3.63, 3.8) is 0 Å². The maximum atomic E-state index is 13.8. The molecule has 146 valence electrons. The molecule has 0 aliphatic heterocycles. The second-order valence-electron chi connectivity index (χ2n) is 6.15. The summed E-state index contributed by atoms with van der Waals surface area (Å²) in [5.74, 6) is 1.23. The molecule has 0 aliphatic carbocycles. The molecule has 0 atom stereocenters. The standard InChI is InChI=1S/C20H22F2N6/c1-3-23-20(27-13-16-10-17(21)5-6-18(16)22)26-12-15-4-7-19(25-11-15)28-9-8-24-14(28)2/h4-11H,3,12-13H2,1-2H3,(H2,23,26,27). The summed E-state index contributed by atoms with van der Waals surface area (Å²) in [4.78, 5) is 13.1. The second kappa shape index (κ2) is 9.07. The van der Waals surface area contributed by atoms with Crippen molar-refractivity contribution in [3.8, 4) is 5.82 Å². The first-order valence-electron chi connectivity index (χ1n) is 8.98. The number of aliphatic imine (C=N–C) groups is 1. The van der Waals surface area contributed by atoms with E-state index in [2.05, 4.69) is 25.6 Å². The topological polar surface area (TPSA) is 67.1 Å². The number of hydrogen-bond donors (Lipinski definition) is 2. The number of imidazole rings is 1. The van der Waals surface area contributed by atoms with Gasteiger partial charge in [-0.25, -0.2) is 23.7 Å². The van der Waals surface area contributed by atoms with Crippen molar-refractivity contribution in [1.29, 1.82) is 0 Å². The molecule has 28 heavy (non-hydrogen) atoms. The lowest BCUT2D eigenvalue weighted by molar-refractivity contribution is 0.581. The van der Waals surface area contributed by atoms with E-state index < -0.39 is 11.6 Å². The SMILES string of the molecule is CCNC(=NCc1ccc(-n2ccnc2C)nc1)NCc1cc(F)ccc1F. The minimum Gasteiger partial charge on any atom is -0.357 e. The molecule has 2 heterocycles. The molecule has 0 fully saturated rings. The van der Waals surface area contributed by atoms with Crippen LogP contribution in [0, 0.1) is 18.6 Å². The van der Waals surface area contributed by atoms with Crippen molar-refractivity contribution in [2.45, 2.75) is 26.9 Å². The Kier molecular flexibility index (Phi) is 6.31. The fraction of sp³-hybridized carbons (Fsp3) is 0.250. The minimum atomic E-state index is -0.473. The minimum absolute atomic E-state index is 0.131. The zero-order valence-electron chi connectivity index (χ0n) is 15.8. The van der Waals surface area contributed by atoms with Crippen LogP contribution in [0.2, 0.25) is 0 Å². The molecule has 0 saturated heterocycles. The van der Waals surface area contributed by atoms with Crippen molar-refractivity contribution in [1.82, 2.24) is 25.2 Å². The van der Waals surface area contributed by atoms with Crippen molar-refractivity contribution >= 4 is 5.96 Å². The number of benzene rings is 1. The highest BCUT2D eigenvalue weighted by molar-refractivity contribution is 5.79. The Morgan fingerprint density at radius 2 is 2.00 bits per heavy atom. The molecule has 6 nitrogen and oxygen atoms in total. The van der Waals surface area contributed by atoms with Gasteiger partial charge in [0, 0.05) is 37.2 Å². The second-order valence-corrected chi connectivity index (χ2v) is 6.15. The summed E-state index contributed by atoms with van der Waals surface area (Å²) in [5, 5.41) is 6.10. The Morgan fingerprint density at radius 3 is 2.68 bits per heavy atom. The Balaban J connectivity index is 1.65. The summed E-state index contributed by atoms with van der Waals surface area (Å²) in [7, 11) is 0. The molecule has 3 rings (SSSR count). The van der Waals surface area contributed by atoms with Crippen LogP contribution in [0.5, 0.6) is 0 Å². The quantitative estimate of drug-likeness (QED) is 0.506. The van der Waals surface area contributed by atoms with Gasteiger partial charge in [-0.3, -0.25) is 4.57 Å². The van der Waals surface area contributed by atoms with Crippen molar-refractivity contribution in [2.24, 2.45) is 4.99 Å². The van der Waals surface area contributed by atoms with Crippen LogP contribution in [0.3, 0.4) is 0 Å². The van der Waals surface area contributed by atoms with Crippen molar-refractivity contribution < 1.29 is 8.78 Å². The van der Waals surface area contributed by atoms with E-state index >= 15 is 0 Å². The fourth-order valence-corrected chi connectivity index (χ4v) is 2.64. The lowest BCUT2D eigenvalue weighted by Crippen LogP contribution is -2.37. The fourth-order valence-electron chi connectivity index (χ4n) is 2.64. The third-order valence-electron chi connectivity index (χ3n) is 4.10. The largest absolute Gasteiger partial charge is 0.357 e. The summed E-state index contributed by atoms with van der Waals surface area (Å²) in [5.41, 5.74) is 1.17. The van der Waals surface area contributed by atoms with Crippen molar-refractivity contribution in [3.05, 3.63) is 77.5 Å². The number of hydrogen-bond acceptors (Lipinski definition) is 3. The van der Waals surface area contributed by atoms with Crippen LogP contribution in [-0.4, -0.2) is 27.0 Å². The maximum absolute atomic E-state index is 13.8. The van der Waals surface area contributed by atoms with Crippen molar-refractivity contribution in [2.75, 3.05) is 6.54 Å². The first kappa shape index (κ1) is 19.5. The summed E-state index contributed by atoms with van der Waals surface area (Å²) < 4.78 is 28.9. The predicted molar refractivity (Wildman–Crippen MR) is 104 cm³/mol. The summed E-state index contributed by atoms with van der Waals surface area (Å²) in [6.45, 7) is 5.03. The molecule has 0 amide bonds. The van der Waals surface area contributed by atoms with Gasteiger partial charge in [0.1, 0.15) is 23.3 Å². The van der Waals surface area contributed by atoms with E-state index in [1.165, 1.54) is 6.07 Å². The van der Waals surface area contributed by atoms with E-state index in [0.29, 0.717) is 19.0 Å². The molecule has 0 aliphatic rings. The lowest BCUT2D eigenvalue weighted by Gasteiger charge is -2.12. The van der Waals surface area contributed by atoms with Gasteiger partial charge in [0.05, 0.1) is 6.54 Å². The monoisotopic (exact) mass is 384 g/mol. The van der Waals surface area contributed by atoms with Crippen LogP contribution in [0.15, 0.2) is 53.9 Å². The number of aryl methyl sites for hydroxylation is 1. The Bertz CT molecular complexity index is 950. The van der Waals surface area contributed by atoms with E-state index in [9.17, 15) is 8.78 Å². The van der Waals surface area contributed by atoms with E-state index in [1.807, 2.05) is 36.7 Å². The van der Waals surface area contributed by atoms with E-state index in [4.69, 9.17) is 0 Å². The zero-order valence-corrected chi connectivity index (χ0v) is 15.8. The van der Waals surface area contributed by atoms with Crippen LogP contribution in [0.4, 0.5) is 8.78 Å². The molecule has 0 unspecified atom stereocenters. The molecule has 0 bridgehead atoms. The highest BCUT2D eigenvalue weighted by Crippen LogP contribution is 2.10. The first-order valence-corrected chi connectivity index (χ1v) is 8.98. The average molecular weight is 384 g/mol. The Hall–Kier alpha value is -3.29. The molecule has 0 saturated carbocycles. The van der Waals surface area contributed by atoms with Gasteiger partial charge in [-0.2, -0.15) is 0 Å². The molecule has 2 aromatic heterocycles. The first-order chi connectivity index (χ1) is 13.6. The number of guanidine groups is 1. The molecule has 0 spiro atoms. The number of aromatic nitrogens is 3. The molecule has 8 heteroatoms.